The highest BCUT2D eigenvalue weighted by atomic mass is 19.4. The summed E-state index contributed by atoms with van der Waals surface area (Å²) in [6, 6.07) is 4.84. The minimum atomic E-state index is -4.38. The maximum atomic E-state index is 12.9. The Bertz CT molecular complexity index is 1110. The van der Waals surface area contributed by atoms with E-state index in [-0.39, 0.29) is 18.5 Å². The molecular formula is C20H20F3N7O. The zero-order valence-corrected chi connectivity index (χ0v) is 16.8. The van der Waals surface area contributed by atoms with Crippen LogP contribution in [0.1, 0.15) is 23.6 Å². The topological polar surface area (TPSA) is 88.0 Å². The number of nitrogens with zero attached hydrogens (tertiary/aromatic N) is 5. The molecule has 3 aromatic rings. The molecule has 31 heavy (non-hydrogen) atoms. The average Bonchev–Trinajstić information content (AvgIpc) is 3.18. The molecule has 1 aliphatic heterocycles. The molecule has 1 aromatic carbocycles. The van der Waals surface area contributed by atoms with E-state index in [2.05, 4.69) is 25.7 Å². The minimum absolute atomic E-state index is 0.118. The number of amides is 1. The Kier molecular flexibility index (Phi) is 5.25. The molecule has 0 saturated heterocycles. The lowest BCUT2D eigenvalue weighted by molar-refractivity contribution is -0.137. The summed E-state index contributed by atoms with van der Waals surface area (Å²) in [4.78, 5) is 22.3. The van der Waals surface area contributed by atoms with E-state index in [1.54, 1.807) is 48.2 Å². The van der Waals surface area contributed by atoms with Crippen LogP contribution in [0.3, 0.4) is 0 Å². The molecule has 162 valence electrons. The van der Waals surface area contributed by atoms with Crippen LogP contribution < -0.4 is 15.5 Å². The Hall–Kier alpha value is -3.63. The molecule has 0 bridgehead atoms. The van der Waals surface area contributed by atoms with E-state index < -0.39 is 11.7 Å². The smallest absolute Gasteiger partial charge is 0.350 e. The van der Waals surface area contributed by atoms with E-state index in [1.165, 1.54) is 6.07 Å². The summed E-state index contributed by atoms with van der Waals surface area (Å²) >= 11 is 0. The maximum absolute atomic E-state index is 12.9. The van der Waals surface area contributed by atoms with Crippen molar-refractivity contribution in [1.82, 2.24) is 19.7 Å². The standard InChI is InChI=1S/C20H20F3N7O/c1-12-18(31)27-16-9-25-19(28-17(16)29(12)2)24-7-14-8-26-30(11-14)10-13-4-3-5-15(6-13)20(21,22)23/h3-6,8-9,11-12H,7,10H2,1-2H3,(H,27,31)(H,24,25,28)/t12-/m0/s1. The SMILES string of the molecule is C[C@H]1C(=O)Nc2cnc(NCc3cnn(Cc4cccc(C(F)(F)F)c4)c3)nc2N1C. The number of halogens is 3. The summed E-state index contributed by atoms with van der Waals surface area (Å²) in [5, 5.41) is 10.1. The van der Waals surface area contributed by atoms with Crippen molar-refractivity contribution in [3.63, 3.8) is 0 Å². The van der Waals surface area contributed by atoms with Crippen LogP contribution in [0.4, 0.5) is 30.6 Å². The number of benzene rings is 1. The first kappa shape index (κ1) is 20.6. The summed E-state index contributed by atoms with van der Waals surface area (Å²) in [5.74, 6) is 0.886. The lowest BCUT2D eigenvalue weighted by atomic mass is 10.1. The molecule has 11 heteroatoms. The van der Waals surface area contributed by atoms with Crippen molar-refractivity contribution in [3.05, 3.63) is 59.5 Å². The van der Waals surface area contributed by atoms with E-state index in [0.717, 1.165) is 17.7 Å². The molecule has 0 saturated carbocycles. The highest BCUT2D eigenvalue weighted by molar-refractivity contribution is 6.02. The largest absolute Gasteiger partial charge is 0.416 e. The summed E-state index contributed by atoms with van der Waals surface area (Å²) in [6.45, 7) is 2.39. The number of alkyl halides is 3. The number of likely N-dealkylation sites (N-methyl/N-ethyl adjacent to an activating group) is 1. The number of carbonyl (C=O) groups is 1. The molecule has 1 amide bonds. The highest BCUT2D eigenvalue weighted by Gasteiger charge is 2.30. The maximum Gasteiger partial charge on any atom is 0.416 e. The third kappa shape index (κ3) is 4.44. The van der Waals surface area contributed by atoms with Gasteiger partial charge >= 0.3 is 6.18 Å². The van der Waals surface area contributed by atoms with Gasteiger partial charge in [0.1, 0.15) is 11.7 Å². The van der Waals surface area contributed by atoms with E-state index in [1.807, 2.05) is 0 Å². The summed E-state index contributed by atoms with van der Waals surface area (Å²) < 4.78 is 40.2. The van der Waals surface area contributed by atoms with Crippen LogP contribution in [0.15, 0.2) is 42.9 Å². The van der Waals surface area contributed by atoms with Crippen LogP contribution in [0.2, 0.25) is 0 Å². The first-order chi connectivity index (χ1) is 14.7. The zero-order valence-electron chi connectivity index (χ0n) is 16.8. The molecule has 1 aliphatic rings. The molecule has 2 aromatic heterocycles. The molecule has 2 N–H and O–H groups in total. The van der Waals surface area contributed by atoms with Gasteiger partial charge in [0.2, 0.25) is 11.9 Å². The van der Waals surface area contributed by atoms with Gasteiger partial charge in [-0.05, 0) is 24.6 Å². The van der Waals surface area contributed by atoms with Crippen molar-refractivity contribution >= 4 is 23.4 Å². The Balaban J connectivity index is 1.41. The summed E-state index contributed by atoms with van der Waals surface area (Å²) in [6.07, 6.45) is 0.550. The van der Waals surface area contributed by atoms with Crippen molar-refractivity contribution in [2.45, 2.75) is 32.2 Å². The Labute approximate surface area is 176 Å². The molecule has 0 radical (unpaired) electrons. The highest BCUT2D eigenvalue weighted by Crippen LogP contribution is 2.30. The molecule has 0 fully saturated rings. The summed E-state index contributed by atoms with van der Waals surface area (Å²) in [7, 11) is 1.79. The fourth-order valence-electron chi connectivity index (χ4n) is 3.21. The van der Waals surface area contributed by atoms with Gasteiger partial charge in [0.05, 0.1) is 24.5 Å². The van der Waals surface area contributed by atoms with E-state index in [0.29, 0.717) is 29.6 Å². The monoisotopic (exact) mass is 431 g/mol. The number of nitrogens with one attached hydrogen (secondary N) is 2. The lowest BCUT2D eigenvalue weighted by Gasteiger charge is -2.31. The van der Waals surface area contributed by atoms with Crippen molar-refractivity contribution < 1.29 is 18.0 Å². The Morgan fingerprint density at radius 1 is 1.23 bits per heavy atom. The second kappa shape index (κ2) is 7.89. The van der Waals surface area contributed by atoms with Gasteiger partial charge in [-0.1, -0.05) is 12.1 Å². The second-order valence-electron chi connectivity index (χ2n) is 7.30. The minimum Gasteiger partial charge on any atom is -0.350 e. The number of carbonyl (C=O) groups excluding carboxylic acids is 1. The van der Waals surface area contributed by atoms with Gasteiger partial charge < -0.3 is 15.5 Å². The van der Waals surface area contributed by atoms with Gasteiger partial charge in [-0.2, -0.15) is 23.3 Å². The predicted molar refractivity (Wildman–Crippen MR) is 109 cm³/mol. The molecule has 4 rings (SSSR count). The van der Waals surface area contributed by atoms with Crippen molar-refractivity contribution in [2.24, 2.45) is 0 Å². The quantitative estimate of drug-likeness (QED) is 0.646. The van der Waals surface area contributed by atoms with Crippen LogP contribution >= 0.6 is 0 Å². The third-order valence-corrected chi connectivity index (χ3v) is 5.06. The predicted octanol–water partition coefficient (Wildman–Crippen LogP) is 3.13. The summed E-state index contributed by atoms with van der Waals surface area (Å²) in [5.41, 5.74) is 1.20. The first-order valence-electron chi connectivity index (χ1n) is 9.53. The first-order valence-corrected chi connectivity index (χ1v) is 9.53. The Morgan fingerprint density at radius 2 is 2.03 bits per heavy atom. The molecular weight excluding hydrogens is 411 g/mol. The van der Waals surface area contributed by atoms with Gasteiger partial charge in [-0.15, -0.1) is 0 Å². The van der Waals surface area contributed by atoms with E-state index in [4.69, 9.17) is 0 Å². The van der Waals surface area contributed by atoms with Gasteiger partial charge in [0.25, 0.3) is 0 Å². The Morgan fingerprint density at radius 3 is 2.81 bits per heavy atom. The zero-order chi connectivity index (χ0) is 22.2. The number of hydrogen-bond donors (Lipinski definition) is 2. The van der Waals surface area contributed by atoms with Crippen LogP contribution in [0.25, 0.3) is 0 Å². The number of fused-ring (bicyclic) bond motifs is 1. The van der Waals surface area contributed by atoms with Crippen molar-refractivity contribution in [1.29, 1.82) is 0 Å². The molecule has 0 unspecified atom stereocenters. The normalized spacial score (nSPS) is 16.1. The van der Waals surface area contributed by atoms with Crippen LogP contribution in [-0.4, -0.2) is 38.7 Å². The van der Waals surface area contributed by atoms with Crippen LogP contribution in [-0.2, 0) is 24.1 Å². The number of hydrogen-bond acceptors (Lipinski definition) is 6. The molecule has 0 spiro atoms. The molecule has 1 atom stereocenters. The fourth-order valence-corrected chi connectivity index (χ4v) is 3.21. The van der Waals surface area contributed by atoms with E-state index in [9.17, 15) is 18.0 Å². The van der Waals surface area contributed by atoms with Crippen LogP contribution in [0, 0.1) is 0 Å². The van der Waals surface area contributed by atoms with Gasteiger partial charge in [-0.25, -0.2) is 4.98 Å². The lowest BCUT2D eigenvalue weighted by Crippen LogP contribution is -2.44. The third-order valence-electron chi connectivity index (χ3n) is 5.06. The average molecular weight is 431 g/mol. The van der Waals surface area contributed by atoms with Gasteiger partial charge in [-0.3, -0.25) is 9.48 Å². The number of aromatic nitrogens is 4. The van der Waals surface area contributed by atoms with Crippen molar-refractivity contribution in [2.75, 3.05) is 22.6 Å². The molecule has 3 heterocycles. The second-order valence-corrected chi connectivity index (χ2v) is 7.30. The van der Waals surface area contributed by atoms with Crippen molar-refractivity contribution in [3.8, 4) is 0 Å². The number of rotatable bonds is 5. The van der Waals surface area contributed by atoms with Gasteiger partial charge in [0, 0.05) is 25.4 Å². The fraction of sp³-hybridized carbons (Fsp3) is 0.300. The number of anilines is 3. The van der Waals surface area contributed by atoms with Gasteiger partial charge in [0.15, 0.2) is 5.82 Å². The van der Waals surface area contributed by atoms with Crippen LogP contribution in [0.5, 0.6) is 0 Å². The van der Waals surface area contributed by atoms with E-state index >= 15 is 0 Å². The molecule has 8 nitrogen and oxygen atoms in total. The molecule has 0 aliphatic carbocycles.